The Morgan fingerprint density at radius 3 is 2.58 bits per heavy atom. The molecule has 0 atom stereocenters. The molecule has 2 rings (SSSR count). The van der Waals surface area contributed by atoms with E-state index < -0.39 is 0 Å². The van der Waals surface area contributed by atoms with Crippen molar-refractivity contribution in [3.8, 4) is 11.4 Å². The average molecular weight is 320 g/mol. The van der Waals surface area contributed by atoms with E-state index in [1.165, 1.54) is 5.56 Å². The minimum absolute atomic E-state index is 0.774. The Balaban J connectivity index is 2.47. The van der Waals surface area contributed by atoms with Crippen LogP contribution in [0.3, 0.4) is 0 Å². The van der Waals surface area contributed by atoms with Crippen molar-refractivity contribution < 1.29 is 0 Å². The van der Waals surface area contributed by atoms with E-state index in [1.54, 1.807) is 0 Å². The largest absolute Gasteiger partial charge is 0.370 e. The molecule has 1 N–H and O–H groups in total. The van der Waals surface area contributed by atoms with Crippen LogP contribution in [0.25, 0.3) is 11.4 Å². The fourth-order valence-electron chi connectivity index (χ4n) is 1.81. The van der Waals surface area contributed by atoms with Gasteiger partial charge in [-0.1, -0.05) is 35.0 Å². The van der Waals surface area contributed by atoms with Gasteiger partial charge >= 0.3 is 0 Å². The van der Waals surface area contributed by atoms with E-state index in [2.05, 4.69) is 70.2 Å². The van der Waals surface area contributed by atoms with Crippen LogP contribution in [0.2, 0.25) is 0 Å². The third-order valence-electron chi connectivity index (χ3n) is 2.93. The van der Waals surface area contributed by atoms with Crippen LogP contribution in [0, 0.1) is 6.92 Å². The minimum atomic E-state index is 0.774. The lowest BCUT2D eigenvalue weighted by molar-refractivity contribution is 0.998. The quantitative estimate of drug-likeness (QED) is 0.917. The number of nitrogens with one attached hydrogen (secondary N) is 1. The summed E-state index contributed by atoms with van der Waals surface area (Å²) >= 11 is 3.56. The summed E-state index contributed by atoms with van der Waals surface area (Å²) in [6.07, 6.45) is 0.904. The van der Waals surface area contributed by atoms with Gasteiger partial charge in [0.25, 0.3) is 0 Å². The number of aromatic nitrogens is 2. The van der Waals surface area contributed by atoms with Gasteiger partial charge in [0.05, 0.1) is 0 Å². The van der Waals surface area contributed by atoms with Crippen molar-refractivity contribution in [3.05, 3.63) is 40.0 Å². The summed E-state index contributed by atoms with van der Waals surface area (Å²) in [7, 11) is 0. The van der Waals surface area contributed by atoms with Gasteiger partial charge in [0.1, 0.15) is 5.82 Å². The van der Waals surface area contributed by atoms with Gasteiger partial charge in [-0.05, 0) is 31.9 Å². The van der Waals surface area contributed by atoms with Crippen molar-refractivity contribution in [1.29, 1.82) is 0 Å². The van der Waals surface area contributed by atoms with E-state index in [0.717, 1.165) is 40.3 Å². The summed E-state index contributed by atoms with van der Waals surface area (Å²) in [4.78, 5) is 9.17. The number of nitrogens with zero attached hydrogens (tertiary/aromatic N) is 2. The van der Waals surface area contributed by atoms with Crippen molar-refractivity contribution in [1.82, 2.24) is 9.97 Å². The third-order valence-corrected chi connectivity index (χ3v) is 3.78. The molecule has 19 heavy (non-hydrogen) atoms. The van der Waals surface area contributed by atoms with Crippen LogP contribution in [0.1, 0.15) is 25.1 Å². The molecule has 3 nitrogen and oxygen atoms in total. The molecule has 2 aromatic rings. The normalized spacial score (nSPS) is 10.5. The second-order valence-electron chi connectivity index (χ2n) is 4.42. The molecule has 1 heterocycles. The van der Waals surface area contributed by atoms with Crippen molar-refractivity contribution in [2.45, 2.75) is 27.2 Å². The SMILES string of the molecule is CCNc1cc(CC)nc(-c2ccc(C)c(Br)c2)n1. The molecule has 0 spiro atoms. The highest BCUT2D eigenvalue weighted by molar-refractivity contribution is 9.10. The summed E-state index contributed by atoms with van der Waals surface area (Å²) in [6, 6.07) is 8.22. The highest BCUT2D eigenvalue weighted by Gasteiger charge is 2.07. The molecule has 1 aromatic heterocycles. The van der Waals surface area contributed by atoms with E-state index >= 15 is 0 Å². The Hall–Kier alpha value is -1.42. The van der Waals surface area contributed by atoms with Gasteiger partial charge in [-0.25, -0.2) is 9.97 Å². The van der Waals surface area contributed by atoms with E-state index in [0.29, 0.717) is 0 Å². The molecule has 4 heteroatoms. The molecule has 0 saturated heterocycles. The lowest BCUT2D eigenvalue weighted by atomic mass is 10.1. The molecule has 0 saturated carbocycles. The smallest absolute Gasteiger partial charge is 0.161 e. The molecule has 0 bridgehead atoms. The van der Waals surface area contributed by atoms with Crippen molar-refractivity contribution in [2.75, 3.05) is 11.9 Å². The molecule has 0 aliphatic heterocycles. The predicted molar refractivity (Wildman–Crippen MR) is 83.4 cm³/mol. The molecule has 0 amide bonds. The first-order valence-corrected chi connectivity index (χ1v) is 7.31. The first-order valence-electron chi connectivity index (χ1n) is 6.52. The molecular formula is C15H18BrN3. The zero-order valence-electron chi connectivity index (χ0n) is 11.5. The highest BCUT2D eigenvalue weighted by atomic mass is 79.9. The average Bonchev–Trinajstić information content (AvgIpc) is 2.42. The monoisotopic (exact) mass is 319 g/mol. The Morgan fingerprint density at radius 2 is 1.95 bits per heavy atom. The summed E-state index contributed by atoms with van der Waals surface area (Å²) in [6.45, 7) is 7.10. The number of hydrogen-bond donors (Lipinski definition) is 1. The number of hydrogen-bond acceptors (Lipinski definition) is 3. The number of aryl methyl sites for hydroxylation is 2. The zero-order chi connectivity index (χ0) is 13.8. The van der Waals surface area contributed by atoms with E-state index in [4.69, 9.17) is 0 Å². The van der Waals surface area contributed by atoms with Gasteiger partial charge in [-0.15, -0.1) is 0 Å². The van der Waals surface area contributed by atoms with E-state index in [9.17, 15) is 0 Å². The topological polar surface area (TPSA) is 37.8 Å². The first kappa shape index (κ1) is 14.0. The van der Waals surface area contributed by atoms with Crippen LogP contribution in [0.5, 0.6) is 0 Å². The lowest BCUT2D eigenvalue weighted by Crippen LogP contribution is -2.03. The minimum Gasteiger partial charge on any atom is -0.370 e. The van der Waals surface area contributed by atoms with Crippen LogP contribution < -0.4 is 5.32 Å². The number of anilines is 1. The second kappa shape index (κ2) is 6.15. The summed E-state index contributed by atoms with van der Waals surface area (Å²) < 4.78 is 1.08. The maximum atomic E-state index is 4.60. The van der Waals surface area contributed by atoms with Crippen LogP contribution in [0.15, 0.2) is 28.7 Å². The van der Waals surface area contributed by atoms with Gasteiger partial charge in [0, 0.05) is 28.3 Å². The maximum absolute atomic E-state index is 4.60. The van der Waals surface area contributed by atoms with Gasteiger partial charge in [-0.3, -0.25) is 0 Å². The molecule has 0 radical (unpaired) electrons. The molecular weight excluding hydrogens is 302 g/mol. The van der Waals surface area contributed by atoms with E-state index in [-0.39, 0.29) is 0 Å². The summed E-state index contributed by atoms with van der Waals surface area (Å²) in [5.41, 5.74) is 3.30. The highest BCUT2D eigenvalue weighted by Crippen LogP contribution is 2.24. The van der Waals surface area contributed by atoms with Gasteiger partial charge in [0.2, 0.25) is 0 Å². The zero-order valence-corrected chi connectivity index (χ0v) is 13.1. The fourth-order valence-corrected chi connectivity index (χ4v) is 2.19. The standard InChI is InChI=1S/C15H18BrN3/c1-4-12-9-14(17-5-2)19-15(18-12)11-7-6-10(3)13(16)8-11/h6-9H,4-5H2,1-3H3,(H,17,18,19). The number of halogens is 1. The molecule has 0 aliphatic carbocycles. The number of rotatable bonds is 4. The molecule has 1 aromatic carbocycles. The molecule has 0 fully saturated rings. The van der Waals surface area contributed by atoms with Crippen molar-refractivity contribution in [3.63, 3.8) is 0 Å². The van der Waals surface area contributed by atoms with Crippen LogP contribution in [-0.2, 0) is 6.42 Å². The summed E-state index contributed by atoms with van der Waals surface area (Å²) in [5.74, 6) is 1.66. The Labute approximate surface area is 122 Å². The fraction of sp³-hybridized carbons (Fsp3) is 0.333. The lowest BCUT2D eigenvalue weighted by Gasteiger charge is -2.09. The van der Waals surface area contributed by atoms with Crippen molar-refractivity contribution in [2.24, 2.45) is 0 Å². The molecule has 0 unspecified atom stereocenters. The van der Waals surface area contributed by atoms with Gasteiger partial charge in [0.15, 0.2) is 5.82 Å². The summed E-state index contributed by atoms with van der Waals surface area (Å²) in [5, 5.41) is 3.26. The van der Waals surface area contributed by atoms with Crippen LogP contribution in [0.4, 0.5) is 5.82 Å². The molecule has 100 valence electrons. The molecule has 0 aliphatic rings. The maximum Gasteiger partial charge on any atom is 0.161 e. The van der Waals surface area contributed by atoms with Crippen molar-refractivity contribution >= 4 is 21.7 Å². The van der Waals surface area contributed by atoms with Crippen LogP contribution >= 0.6 is 15.9 Å². The van der Waals surface area contributed by atoms with E-state index in [1.807, 2.05) is 6.07 Å². The van der Waals surface area contributed by atoms with Gasteiger partial charge in [-0.2, -0.15) is 0 Å². The third kappa shape index (κ3) is 3.32. The Kier molecular flexibility index (Phi) is 4.53. The second-order valence-corrected chi connectivity index (χ2v) is 5.27. The van der Waals surface area contributed by atoms with Gasteiger partial charge < -0.3 is 5.32 Å². The van der Waals surface area contributed by atoms with Crippen LogP contribution in [-0.4, -0.2) is 16.5 Å². The predicted octanol–water partition coefficient (Wildman–Crippen LogP) is 4.21. The number of benzene rings is 1. The Morgan fingerprint density at radius 1 is 1.16 bits per heavy atom. The Bertz CT molecular complexity index is 582. The first-order chi connectivity index (χ1) is 9.13.